The van der Waals surface area contributed by atoms with Crippen molar-refractivity contribution in [2.24, 2.45) is 5.92 Å². The van der Waals surface area contributed by atoms with E-state index in [-0.39, 0.29) is 5.91 Å². The van der Waals surface area contributed by atoms with Gasteiger partial charge in [-0.2, -0.15) is 0 Å². The molecular formula is C23H31N3O2. The summed E-state index contributed by atoms with van der Waals surface area (Å²) >= 11 is 0. The van der Waals surface area contributed by atoms with Gasteiger partial charge in [0.05, 0.1) is 0 Å². The summed E-state index contributed by atoms with van der Waals surface area (Å²) in [5.74, 6) is 1.16. The number of H-pyrrole nitrogens is 1. The first-order chi connectivity index (χ1) is 13.7. The summed E-state index contributed by atoms with van der Waals surface area (Å²) in [4.78, 5) is 32.0. The number of benzene rings is 1. The van der Waals surface area contributed by atoms with Crippen molar-refractivity contribution in [2.75, 3.05) is 26.2 Å². The van der Waals surface area contributed by atoms with E-state index in [1.54, 1.807) is 0 Å². The van der Waals surface area contributed by atoms with Gasteiger partial charge in [-0.25, -0.2) is 0 Å². The van der Waals surface area contributed by atoms with E-state index >= 15 is 0 Å². The number of likely N-dealkylation sites (tertiary alicyclic amines) is 2. The second-order valence-electron chi connectivity index (χ2n) is 8.33. The van der Waals surface area contributed by atoms with Crippen LogP contribution in [0.1, 0.15) is 50.5 Å². The van der Waals surface area contributed by atoms with Crippen LogP contribution in [0, 0.1) is 5.92 Å². The molecular weight excluding hydrogens is 350 g/mol. The maximum absolute atomic E-state index is 12.6. The number of carbonyl (C=O) groups excluding carboxylic acids is 2. The third kappa shape index (κ3) is 4.40. The van der Waals surface area contributed by atoms with E-state index < -0.39 is 0 Å². The lowest BCUT2D eigenvalue weighted by Gasteiger charge is -2.36. The zero-order valence-corrected chi connectivity index (χ0v) is 16.7. The molecule has 0 aliphatic carbocycles. The number of para-hydroxylation sites is 1. The molecule has 0 atom stereocenters. The number of nitrogens with zero attached hydrogens (tertiary/aromatic N) is 2. The first-order valence-electron chi connectivity index (χ1n) is 10.8. The lowest BCUT2D eigenvalue weighted by Crippen LogP contribution is -2.44. The van der Waals surface area contributed by atoms with Crippen LogP contribution in [0.2, 0.25) is 0 Å². The topological polar surface area (TPSA) is 56.4 Å². The Hall–Kier alpha value is -2.30. The molecule has 150 valence electrons. The average Bonchev–Trinajstić information content (AvgIpc) is 3.13. The third-order valence-corrected chi connectivity index (χ3v) is 6.38. The number of aromatic nitrogens is 1. The summed E-state index contributed by atoms with van der Waals surface area (Å²) < 4.78 is 0. The SMILES string of the molecule is O=C(CCCc1c[nH]c2ccccc12)N1CCC(CN2CCCCC2=O)CC1. The van der Waals surface area contributed by atoms with Gasteiger partial charge in [-0.05, 0) is 56.1 Å². The van der Waals surface area contributed by atoms with Gasteiger partial charge < -0.3 is 14.8 Å². The van der Waals surface area contributed by atoms with Crippen LogP contribution < -0.4 is 0 Å². The number of amides is 2. The lowest BCUT2D eigenvalue weighted by atomic mass is 9.94. The van der Waals surface area contributed by atoms with E-state index in [2.05, 4.69) is 29.4 Å². The van der Waals surface area contributed by atoms with Crippen LogP contribution in [-0.4, -0.2) is 52.8 Å². The van der Waals surface area contributed by atoms with E-state index in [4.69, 9.17) is 0 Å². The predicted molar refractivity (Wildman–Crippen MR) is 111 cm³/mol. The summed E-state index contributed by atoms with van der Waals surface area (Å²) in [5, 5.41) is 1.27. The van der Waals surface area contributed by atoms with E-state index in [0.717, 1.165) is 70.2 Å². The van der Waals surface area contributed by atoms with E-state index in [1.807, 2.05) is 15.9 Å². The van der Waals surface area contributed by atoms with Crippen LogP contribution in [0.4, 0.5) is 0 Å². The molecule has 5 heteroatoms. The summed E-state index contributed by atoms with van der Waals surface area (Å²) in [5.41, 5.74) is 2.46. The monoisotopic (exact) mass is 381 g/mol. The minimum Gasteiger partial charge on any atom is -0.361 e. The molecule has 0 saturated carbocycles. The summed E-state index contributed by atoms with van der Waals surface area (Å²) in [6.45, 7) is 3.50. The number of nitrogens with one attached hydrogen (secondary N) is 1. The zero-order valence-electron chi connectivity index (χ0n) is 16.7. The molecule has 0 radical (unpaired) electrons. The van der Waals surface area contributed by atoms with Crippen molar-refractivity contribution < 1.29 is 9.59 Å². The standard InChI is InChI=1S/C23H31N3O2/c27-22(10-5-6-19-16-24-21-8-2-1-7-20(19)21)25-14-11-18(12-15-25)17-26-13-4-3-9-23(26)28/h1-2,7-8,16,18,24H,3-6,9-15,17H2. The maximum atomic E-state index is 12.6. The number of fused-ring (bicyclic) bond motifs is 1. The quantitative estimate of drug-likeness (QED) is 0.829. The molecule has 4 rings (SSSR count). The molecule has 28 heavy (non-hydrogen) atoms. The van der Waals surface area contributed by atoms with Gasteiger partial charge in [-0.3, -0.25) is 9.59 Å². The summed E-state index contributed by atoms with van der Waals surface area (Å²) in [6.07, 6.45) is 9.47. The van der Waals surface area contributed by atoms with Gasteiger partial charge in [0.2, 0.25) is 11.8 Å². The Morgan fingerprint density at radius 3 is 2.75 bits per heavy atom. The number of aryl methyl sites for hydroxylation is 1. The third-order valence-electron chi connectivity index (χ3n) is 6.38. The van der Waals surface area contributed by atoms with E-state index in [9.17, 15) is 9.59 Å². The molecule has 1 aromatic carbocycles. The van der Waals surface area contributed by atoms with Gasteiger partial charge in [-0.15, -0.1) is 0 Å². The Morgan fingerprint density at radius 1 is 1.11 bits per heavy atom. The van der Waals surface area contributed by atoms with Crippen molar-refractivity contribution in [3.05, 3.63) is 36.0 Å². The van der Waals surface area contributed by atoms with Gasteiger partial charge in [0, 0.05) is 56.1 Å². The molecule has 0 unspecified atom stereocenters. The molecule has 2 fully saturated rings. The van der Waals surface area contributed by atoms with Crippen molar-refractivity contribution >= 4 is 22.7 Å². The van der Waals surface area contributed by atoms with Crippen molar-refractivity contribution in [2.45, 2.75) is 51.4 Å². The molecule has 3 heterocycles. The highest BCUT2D eigenvalue weighted by atomic mass is 16.2. The van der Waals surface area contributed by atoms with Crippen LogP contribution in [0.5, 0.6) is 0 Å². The van der Waals surface area contributed by atoms with Gasteiger partial charge in [0.25, 0.3) is 0 Å². The number of carbonyl (C=O) groups is 2. The first-order valence-corrected chi connectivity index (χ1v) is 10.8. The molecule has 1 aromatic heterocycles. The van der Waals surface area contributed by atoms with Crippen molar-refractivity contribution in [1.82, 2.24) is 14.8 Å². The molecule has 1 N–H and O–H groups in total. The fourth-order valence-corrected chi connectivity index (χ4v) is 4.66. The normalized spacial score (nSPS) is 18.8. The highest BCUT2D eigenvalue weighted by Crippen LogP contribution is 2.23. The summed E-state index contributed by atoms with van der Waals surface area (Å²) in [7, 11) is 0. The number of hydrogen-bond donors (Lipinski definition) is 1. The van der Waals surface area contributed by atoms with Gasteiger partial charge >= 0.3 is 0 Å². The zero-order chi connectivity index (χ0) is 19.3. The smallest absolute Gasteiger partial charge is 0.222 e. The van der Waals surface area contributed by atoms with Crippen LogP contribution in [0.25, 0.3) is 10.9 Å². The molecule has 0 spiro atoms. The molecule has 2 amide bonds. The number of piperidine rings is 2. The molecule has 2 saturated heterocycles. The van der Waals surface area contributed by atoms with E-state index in [0.29, 0.717) is 24.7 Å². The van der Waals surface area contributed by atoms with Gasteiger partial charge in [0.15, 0.2) is 0 Å². The Balaban J connectivity index is 1.19. The van der Waals surface area contributed by atoms with Crippen molar-refractivity contribution in [3.63, 3.8) is 0 Å². The minimum atomic E-state index is 0.285. The Labute approximate surface area is 167 Å². The minimum absolute atomic E-state index is 0.285. The average molecular weight is 382 g/mol. The van der Waals surface area contributed by atoms with Crippen LogP contribution in [0.3, 0.4) is 0 Å². The highest BCUT2D eigenvalue weighted by Gasteiger charge is 2.26. The van der Waals surface area contributed by atoms with Crippen LogP contribution >= 0.6 is 0 Å². The van der Waals surface area contributed by atoms with E-state index in [1.165, 1.54) is 10.9 Å². The molecule has 2 aliphatic heterocycles. The fraction of sp³-hybridized carbons (Fsp3) is 0.565. The lowest BCUT2D eigenvalue weighted by molar-refractivity contribution is -0.136. The molecule has 0 bridgehead atoms. The number of rotatable bonds is 6. The summed E-state index contributed by atoms with van der Waals surface area (Å²) in [6, 6.07) is 8.33. The second kappa shape index (κ2) is 8.80. The van der Waals surface area contributed by atoms with Gasteiger partial charge in [0.1, 0.15) is 0 Å². The van der Waals surface area contributed by atoms with Crippen LogP contribution in [0.15, 0.2) is 30.5 Å². The number of hydrogen-bond acceptors (Lipinski definition) is 2. The predicted octanol–water partition coefficient (Wildman–Crippen LogP) is 3.74. The Kier molecular flexibility index (Phi) is 5.98. The first kappa shape index (κ1) is 19.0. The fourth-order valence-electron chi connectivity index (χ4n) is 4.66. The largest absolute Gasteiger partial charge is 0.361 e. The van der Waals surface area contributed by atoms with Crippen molar-refractivity contribution in [3.8, 4) is 0 Å². The van der Waals surface area contributed by atoms with Crippen molar-refractivity contribution in [1.29, 1.82) is 0 Å². The van der Waals surface area contributed by atoms with Gasteiger partial charge in [-0.1, -0.05) is 18.2 Å². The molecule has 2 aromatic rings. The highest BCUT2D eigenvalue weighted by molar-refractivity contribution is 5.83. The Bertz CT molecular complexity index is 820. The molecule has 5 nitrogen and oxygen atoms in total. The van der Waals surface area contributed by atoms with Crippen LogP contribution in [-0.2, 0) is 16.0 Å². The second-order valence-corrected chi connectivity index (χ2v) is 8.33. The Morgan fingerprint density at radius 2 is 1.93 bits per heavy atom. The maximum Gasteiger partial charge on any atom is 0.222 e. The number of aromatic amines is 1. The molecule has 2 aliphatic rings.